The van der Waals surface area contributed by atoms with Gasteiger partial charge >= 0.3 is 6.03 Å². The third-order valence-electron chi connectivity index (χ3n) is 3.24. The second-order valence-electron chi connectivity index (χ2n) is 4.38. The molecule has 2 amide bonds. The molecule has 3 nitrogen and oxygen atoms in total. The summed E-state index contributed by atoms with van der Waals surface area (Å²) < 4.78 is 12.8. The largest absolute Gasteiger partial charge is 0.341 e. The first-order chi connectivity index (χ1) is 8.20. The zero-order chi connectivity index (χ0) is 12.3. The Morgan fingerprint density at radius 2 is 2.18 bits per heavy atom. The van der Waals surface area contributed by atoms with Gasteiger partial charge in [-0.2, -0.15) is 0 Å². The van der Waals surface area contributed by atoms with Crippen LogP contribution in [0.3, 0.4) is 0 Å². The molecule has 2 rings (SSSR count). The van der Waals surface area contributed by atoms with Crippen molar-refractivity contribution in [3.05, 3.63) is 35.6 Å². The van der Waals surface area contributed by atoms with E-state index in [0.29, 0.717) is 0 Å². The van der Waals surface area contributed by atoms with Crippen LogP contribution in [0, 0.1) is 5.82 Å². The van der Waals surface area contributed by atoms with E-state index >= 15 is 0 Å². The summed E-state index contributed by atoms with van der Waals surface area (Å²) in [5, 5.41) is 2.66. The number of urea groups is 1. The summed E-state index contributed by atoms with van der Waals surface area (Å²) in [6.07, 6.45) is 2.86. The van der Waals surface area contributed by atoms with Crippen molar-refractivity contribution >= 4 is 6.03 Å². The average molecular weight is 236 g/mol. The van der Waals surface area contributed by atoms with Crippen molar-refractivity contribution < 1.29 is 9.18 Å². The maximum atomic E-state index is 12.8. The second kappa shape index (κ2) is 5.17. The molecule has 0 radical (unpaired) electrons. The van der Waals surface area contributed by atoms with Crippen molar-refractivity contribution in [2.24, 2.45) is 0 Å². The highest BCUT2D eigenvalue weighted by Crippen LogP contribution is 2.21. The molecule has 1 fully saturated rings. The lowest BCUT2D eigenvalue weighted by atomic mass is 10.0. The number of carbonyl (C=O) groups is 1. The Bertz CT molecular complexity index is 391. The van der Waals surface area contributed by atoms with E-state index in [0.717, 1.165) is 31.4 Å². The molecule has 1 aliphatic heterocycles. The normalized spacial score (nSPS) is 19.4. The fourth-order valence-corrected chi connectivity index (χ4v) is 2.35. The molecule has 0 bridgehead atoms. The number of hydrogen-bond donors (Lipinski definition) is 1. The topological polar surface area (TPSA) is 32.3 Å². The molecular formula is C13H17FN2O. The van der Waals surface area contributed by atoms with Gasteiger partial charge in [-0.3, -0.25) is 0 Å². The molecule has 4 heteroatoms. The summed E-state index contributed by atoms with van der Waals surface area (Å²) in [5.41, 5.74) is 1.08. The summed E-state index contributed by atoms with van der Waals surface area (Å²) in [6, 6.07) is 6.73. The van der Waals surface area contributed by atoms with Crippen molar-refractivity contribution in [3.63, 3.8) is 0 Å². The van der Waals surface area contributed by atoms with E-state index in [-0.39, 0.29) is 17.9 Å². The van der Waals surface area contributed by atoms with Crippen molar-refractivity contribution in [2.75, 3.05) is 13.6 Å². The van der Waals surface area contributed by atoms with Crippen LogP contribution in [0.1, 0.15) is 18.4 Å². The SMILES string of the molecule is CNC(=O)N1CCCC1Cc1ccc(F)cc1. The maximum absolute atomic E-state index is 12.8. The van der Waals surface area contributed by atoms with E-state index in [1.807, 2.05) is 4.90 Å². The number of likely N-dealkylation sites (tertiary alicyclic amines) is 1. The lowest BCUT2D eigenvalue weighted by Gasteiger charge is -2.24. The minimum atomic E-state index is -0.219. The number of amides is 2. The van der Waals surface area contributed by atoms with Gasteiger partial charge in [0.05, 0.1) is 0 Å². The molecule has 1 atom stereocenters. The number of nitrogens with one attached hydrogen (secondary N) is 1. The van der Waals surface area contributed by atoms with Crippen LogP contribution in [0.25, 0.3) is 0 Å². The molecule has 1 N–H and O–H groups in total. The summed E-state index contributed by atoms with van der Waals surface area (Å²) in [7, 11) is 1.65. The molecule has 17 heavy (non-hydrogen) atoms. The summed E-state index contributed by atoms with van der Waals surface area (Å²) >= 11 is 0. The van der Waals surface area contributed by atoms with Gasteiger partial charge in [0.25, 0.3) is 0 Å². The van der Waals surface area contributed by atoms with Crippen LogP contribution < -0.4 is 5.32 Å². The van der Waals surface area contributed by atoms with Gasteiger partial charge in [0.1, 0.15) is 5.82 Å². The molecule has 1 aromatic rings. The summed E-state index contributed by atoms with van der Waals surface area (Å²) in [6.45, 7) is 0.811. The Morgan fingerprint density at radius 3 is 2.82 bits per heavy atom. The zero-order valence-electron chi connectivity index (χ0n) is 9.95. The fourth-order valence-electron chi connectivity index (χ4n) is 2.35. The highest BCUT2D eigenvalue weighted by molar-refractivity contribution is 5.74. The number of rotatable bonds is 2. The lowest BCUT2D eigenvalue weighted by Crippen LogP contribution is -2.42. The van der Waals surface area contributed by atoms with Gasteiger partial charge in [0.2, 0.25) is 0 Å². The number of benzene rings is 1. The summed E-state index contributed by atoms with van der Waals surface area (Å²) in [5.74, 6) is -0.219. The van der Waals surface area contributed by atoms with Crippen molar-refractivity contribution in [1.82, 2.24) is 10.2 Å². The predicted octanol–water partition coefficient (Wildman–Crippen LogP) is 2.17. The quantitative estimate of drug-likeness (QED) is 0.838. The van der Waals surface area contributed by atoms with Crippen LogP contribution in [-0.2, 0) is 6.42 Å². The number of hydrogen-bond acceptors (Lipinski definition) is 1. The van der Waals surface area contributed by atoms with E-state index in [9.17, 15) is 9.18 Å². The van der Waals surface area contributed by atoms with E-state index in [1.165, 1.54) is 12.1 Å². The van der Waals surface area contributed by atoms with Gasteiger partial charge in [-0.1, -0.05) is 12.1 Å². The maximum Gasteiger partial charge on any atom is 0.317 e. The number of nitrogens with zero attached hydrogens (tertiary/aromatic N) is 1. The highest BCUT2D eigenvalue weighted by Gasteiger charge is 2.27. The van der Waals surface area contributed by atoms with E-state index < -0.39 is 0 Å². The first kappa shape index (κ1) is 11.9. The van der Waals surface area contributed by atoms with Crippen molar-refractivity contribution in [2.45, 2.75) is 25.3 Å². The minimum absolute atomic E-state index is 0.0189. The molecular weight excluding hydrogens is 219 g/mol. The van der Waals surface area contributed by atoms with Gasteiger partial charge in [-0.15, -0.1) is 0 Å². The molecule has 0 aromatic heterocycles. The smallest absolute Gasteiger partial charge is 0.317 e. The molecule has 0 spiro atoms. The Balaban J connectivity index is 2.02. The zero-order valence-corrected chi connectivity index (χ0v) is 9.95. The Hall–Kier alpha value is -1.58. The molecule has 1 heterocycles. The van der Waals surface area contributed by atoms with Crippen molar-refractivity contribution in [1.29, 1.82) is 0 Å². The molecule has 1 unspecified atom stereocenters. The van der Waals surface area contributed by atoms with Gasteiger partial charge in [-0.05, 0) is 37.0 Å². The van der Waals surface area contributed by atoms with Crippen molar-refractivity contribution in [3.8, 4) is 0 Å². The number of halogens is 1. The summed E-state index contributed by atoms with van der Waals surface area (Å²) in [4.78, 5) is 13.5. The molecule has 0 saturated carbocycles. The number of carbonyl (C=O) groups excluding carboxylic acids is 1. The highest BCUT2D eigenvalue weighted by atomic mass is 19.1. The van der Waals surface area contributed by atoms with Gasteiger partial charge in [-0.25, -0.2) is 9.18 Å². The predicted molar refractivity (Wildman–Crippen MR) is 64.3 cm³/mol. The molecule has 92 valence electrons. The Kier molecular flexibility index (Phi) is 3.61. The van der Waals surface area contributed by atoms with Crippen LogP contribution in [0.4, 0.5) is 9.18 Å². The van der Waals surface area contributed by atoms with E-state index in [1.54, 1.807) is 19.2 Å². The molecule has 1 saturated heterocycles. The Morgan fingerprint density at radius 1 is 1.47 bits per heavy atom. The van der Waals surface area contributed by atoms with Gasteiger partial charge in [0.15, 0.2) is 0 Å². The standard InChI is InChI=1S/C13H17FN2O/c1-15-13(17)16-8-2-3-12(16)9-10-4-6-11(14)7-5-10/h4-7,12H,2-3,8-9H2,1H3,(H,15,17). The van der Waals surface area contributed by atoms with Crippen LogP contribution >= 0.6 is 0 Å². The first-order valence-electron chi connectivity index (χ1n) is 5.93. The monoisotopic (exact) mass is 236 g/mol. The third-order valence-corrected chi connectivity index (χ3v) is 3.24. The van der Waals surface area contributed by atoms with Crippen LogP contribution in [-0.4, -0.2) is 30.6 Å². The second-order valence-corrected chi connectivity index (χ2v) is 4.38. The third kappa shape index (κ3) is 2.75. The van der Waals surface area contributed by atoms with Gasteiger partial charge < -0.3 is 10.2 Å². The first-order valence-corrected chi connectivity index (χ1v) is 5.93. The molecule has 0 aliphatic carbocycles. The lowest BCUT2D eigenvalue weighted by molar-refractivity contribution is 0.194. The van der Waals surface area contributed by atoms with Crippen LogP contribution in [0.2, 0.25) is 0 Å². The van der Waals surface area contributed by atoms with Crippen LogP contribution in [0.5, 0.6) is 0 Å². The molecule has 1 aliphatic rings. The van der Waals surface area contributed by atoms with Crippen LogP contribution in [0.15, 0.2) is 24.3 Å². The average Bonchev–Trinajstić information content (AvgIpc) is 2.79. The Labute approximate surface area is 101 Å². The minimum Gasteiger partial charge on any atom is -0.341 e. The van der Waals surface area contributed by atoms with Gasteiger partial charge in [0, 0.05) is 19.6 Å². The van der Waals surface area contributed by atoms with E-state index in [4.69, 9.17) is 0 Å². The molecule has 1 aromatic carbocycles. The fraction of sp³-hybridized carbons (Fsp3) is 0.462. The van der Waals surface area contributed by atoms with E-state index in [2.05, 4.69) is 5.32 Å².